The molecule has 416 valence electrons. The Balaban J connectivity index is 0.886. The van der Waals surface area contributed by atoms with Crippen LogP contribution in [0.2, 0.25) is 0 Å². The number of allylic oxidation sites excluding steroid dienone is 4. The Bertz CT molecular complexity index is 5360. The lowest BCUT2D eigenvalue weighted by atomic mass is 9.66. The van der Waals surface area contributed by atoms with E-state index in [-0.39, 0.29) is 0 Å². The summed E-state index contributed by atoms with van der Waals surface area (Å²) >= 11 is 0. The highest BCUT2D eigenvalue weighted by atomic mass is 15.0. The average Bonchev–Trinajstić information content (AvgIpc) is 1.60. The second-order valence-electron chi connectivity index (χ2n) is 24.4. The van der Waals surface area contributed by atoms with Crippen LogP contribution < -0.4 is 0 Å². The van der Waals surface area contributed by atoms with Crippen LogP contribution in [0.4, 0.5) is 0 Å². The summed E-state index contributed by atoms with van der Waals surface area (Å²) in [5.74, 6) is 0. The van der Waals surface area contributed by atoms with Crippen LogP contribution >= 0.6 is 0 Å². The van der Waals surface area contributed by atoms with Crippen molar-refractivity contribution in [1.82, 2.24) is 4.57 Å². The third-order valence-corrected chi connectivity index (χ3v) is 20.0. The molecule has 0 aliphatic heterocycles. The van der Waals surface area contributed by atoms with E-state index in [0.29, 0.717) is 0 Å². The van der Waals surface area contributed by atoms with Crippen LogP contribution in [0.1, 0.15) is 51.8 Å². The first-order valence-electron chi connectivity index (χ1n) is 31.4. The molecule has 3 aliphatic carbocycles. The van der Waals surface area contributed by atoms with Crippen molar-refractivity contribution >= 4 is 43.4 Å². The van der Waals surface area contributed by atoms with Crippen molar-refractivity contribution in [2.45, 2.75) is 23.7 Å². The molecule has 1 heteroatoms. The molecule has 1 atom stereocenters. The van der Waals surface area contributed by atoms with Gasteiger partial charge in [0.05, 0.1) is 21.9 Å². The molecular formula is C88H59N. The average molecular weight is 1130 g/mol. The highest BCUT2D eigenvalue weighted by Crippen LogP contribution is 2.59. The first kappa shape index (κ1) is 51.1. The maximum Gasteiger partial charge on any atom is 0.0713 e. The zero-order chi connectivity index (χ0) is 58.6. The third-order valence-electron chi connectivity index (χ3n) is 20.0. The largest absolute Gasteiger partial charge is 0.309 e. The van der Waals surface area contributed by atoms with Crippen LogP contribution in [0, 0.1) is 0 Å². The maximum atomic E-state index is 2.53. The molecular weight excluding hydrogens is 1070 g/mol. The number of hydrogen-bond acceptors (Lipinski definition) is 0. The Morgan fingerprint density at radius 3 is 1.18 bits per heavy atom. The fourth-order valence-electron chi connectivity index (χ4n) is 16.2. The Morgan fingerprint density at radius 1 is 0.258 bits per heavy atom. The van der Waals surface area contributed by atoms with Gasteiger partial charge in [0.15, 0.2) is 0 Å². The molecule has 0 bridgehead atoms. The van der Waals surface area contributed by atoms with Crippen LogP contribution in [0.15, 0.2) is 339 Å². The van der Waals surface area contributed by atoms with Gasteiger partial charge in [0.2, 0.25) is 0 Å². The van der Waals surface area contributed by atoms with Crippen molar-refractivity contribution in [3.63, 3.8) is 0 Å². The van der Waals surface area contributed by atoms with Crippen LogP contribution in [0.5, 0.6) is 0 Å². The van der Waals surface area contributed by atoms with Gasteiger partial charge in [-0.25, -0.2) is 0 Å². The monoisotopic (exact) mass is 1130 g/mol. The van der Waals surface area contributed by atoms with E-state index in [2.05, 4.69) is 338 Å². The lowest BCUT2D eigenvalue weighted by molar-refractivity contribution is 0.752. The molecule has 0 N–H and O–H groups in total. The number of fused-ring (bicyclic) bond motifs is 11. The topological polar surface area (TPSA) is 4.93 Å². The fourth-order valence-corrected chi connectivity index (χ4v) is 16.2. The molecule has 0 saturated carbocycles. The minimum Gasteiger partial charge on any atom is -0.309 e. The summed E-state index contributed by atoms with van der Waals surface area (Å²) < 4.78 is 2.53. The van der Waals surface area contributed by atoms with Gasteiger partial charge in [-0.1, -0.05) is 285 Å². The number of benzene rings is 14. The lowest BCUT2D eigenvalue weighted by Crippen LogP contribution is -2.29. The first-order valence-corrected chi connectivity index (χ1v) is 31.4. The van der Waals surface area contributed by atoms with Gasteiger partial charge in [0.1, 0.15) is 0 Å². The third kappa shape index (κ3) is 7.55. The van der Waals surface area contributed by atoms with Gasteiger partial charge in [0, 0.05) is 16.5 Å². The van der Waals surface area contributed by atoms with E-state index in [9.17, 15) is 0 Å². The van der Waals surface area contributed by atoms with E-state index in [1.807, 2.05) is 0 Å². The van der Waals surface area contributed by atoms with Crippen molar-refractivity contribution in [2.24, 2.45) is 0 Å². The zero-order valence-corrected chi connectivity index (χ0v) is 49.1. The first-order chi connectivity index (χ1) is 44.2. The summed E-state index contributed by atoms with van der Waals surface area (Å²) in [5, 5.41) is 7.35. The molecule has 1 heterocycles. The molecule has 0 saturated heterocycles. The highest BCUT2D eigenvalue weighted by Gasteiger charge is 2.48. The molecule has 0 spiro atoms. The van der Waals surface area contributed by atoms with Crippen LogP contribution in [-0.2, 0) is 10.8 Å². The second kappa shape index (κ2) is 20.2. The smallest absolute Gasteiger partial charge is 0.0713 e. The van der Waals surface area contributed by atoms with E-state index in [1.165, 1.54) is 144 Å². The molecule has 3 aliphatic rings. The number of aromatic nitrogens is 1. The fraction of sp³-hybridized carbons (Fsp3) is 0.0455. The van der Waals surface area contributed by atoms with Crippen LogP contribution in [0.3, 0.4) is 0 Å². The quantitative estimate of drug-likeness (QED) is 0.127. The Hall–Kier alpha value is -11.1. The molecule has 14 aromatic carbocycles. The predicted octanol–water partition coefficient (Wildman–Crippen LogP) is 22.7. The summed E-state index contributed by atoms with van der Waals surface area (Å²) in [6, 6.07) is 119. The maximum absolute atomic E-state index is 2.53. The standard InChI is InChI=1S/C88H59N/c1-7-25-58(26-8-1)85-73-39-19-20-40-74(73)86(59-27-9-2-10-28-59)78-57-68(47-50-75(78)85)89-83-51-45-60(62-43-48-71-69-37-21-23-41-79(69)87(81(71)55-62,64-29-11-3-12-30-64)65-31-13-4-14-32-65)53-76(83)77-54-61(46-52-84(77)89)63-44-49-72-70-38-22-24-42-80(70)88(82(72)56-63,66-33-15-5-16-34-66)67-35-17-6-18-36-67/h1-5,7-17,19-57H,6,18H2. The van der Waals surface area contributed by atoms with Gasteiger partial charge in [-0.3, -0.25) is 0 Å². The molecule has 0 amide bonds. The number of nitrogens with zero attached hydrogens (tertiary/aromatic N) is 1. The van der Waals surface area contributed by atoms with Gasteiger partial charge >= 0.3 is 0 Å². The van der Waals surface area contributed by atoms with E-state index in [1.54, 1.807) is 0 Å². The summed E-state index contributed by atoms with van der Waals surface area (Å²) in [7, 11) is 0. The van der Waals surface area contributed by atoms with Gasteiger partial charge in [0.25, 0.3) is 0 Å². The summed E-state index contributed by atoms with van der Waals surface area (Å²) in [5.41, 5.74) is 27.7. The van der Waals surface area contributed by atoms with Gasteiger partial charge in [-0.15, -0.1) is 0 Å². The van der Waals surface area contributed by atoms with Gasteiger partial charge < -0.3 is 4.57 Å². The normalized spacial score (nSPS) is 15.3. The second-order valence-corrected chi connectivity index (χ2v) is 24.4. The molecule has 1 unspecified atom stereocenters. The minimum absolute atomic E-state index is 0.467. The summed E-state index contributed by atoms with van der Waals surface area (Å²) in [6.45, 7) is 0. The number of rotatable bonds is 9. The molecule has 18 rings (SSSR count). The molecule has 1 aromatic heterocycles. The van der Waals surface area contributed by atoms with Crippen molar-refractivity contribution in [3.05, 3.63) is 378 Å². The molecule has 15 aromatic rings. The van der Waals surface area contributed by atoms with Crippen LogP contribution in [0.25, 0.3) is 116 Å². The van der Waals surface area contributed by atoms with E-state index in [0.717, 1.165) is 29.6 Å². The van der Waals surface area contributed by atoms with E-state index >= 15 is 0 Å². The van der Waals surface area contributed by atoms with Crippen molar-refractivity contribution < 1.29 is 0 Å². The Labute approximate surface area is 519 Å². The molecule has 89 heavy (non-hydrogen) atoms. The SMILES string of the molecule is C1=CC(C2(c3ccccc3)c3ccccc3-c3ccc(-c4ccc5c(c4)c4cc(-c6ccc7c(c6)C(c6ccccc6)(c6ccccc6)c6ccccc6-7)ccc4n5-c4ccc5c(-c6ccccc6)c6ccccc6c(-c6ccccc6)c5c4)cc32)=CCC1. The predicted molar refractivity (Wildman–Crippen MR) is 373 cm³/mol. The minimum atomic E-state index is -0.515. The van der Waals surface area contributed by atoms with E-state index in [4.69, 9.17) is 0 Å². The lowest BCUT2D eigenvalue weighted by Gasteiger charge is -2.35. The van der Waals surface area contributed by atoms with Crippen molar-refractivity contribution in [1.29, 1.82) is 0 Å². The van der Waals surface area contributed by atoms with Gasteiger partial charge in [-0.2, -0.15) is 0 Å². The van der Waals surface area contributed by atoms with Crippen LogP contribution in [-0.4, -0.2) is 4.57 Å². The Kier molecular flexibility index (Phi) is 11.6. The highest BCUT2D eigenvalue weighted by molar-refractivity contribution is 6.22. The molecule has 0 radical (unpaired) electrons. The summed E-state index contributed by atoms with van der Waals surface area (Å²) in [6.07, 6.45) is 9.34. The molecule has 1 nitrogen and oxygen atoms in total. The Morgan fingerprint density at radius 2 is 0.663 bits per heavy atom. The van der Waals surface area contributed by atoms with E-state index < -0.39 is 10.8 Å². The summed E-state index contributed by atoms with van der Waals surface area (Å²) in [4.78, 5) is 0. The zero-order valence-electron chi connectivity index (χ0n) is 49.1. The van der Waals surface area contributed by atoms with Crippen molar-refractivity contribution in [2.75, 3.05) is 0 Å². The van der Waals surface area contributed by atoms with Gasteiger partial charge in [-0.05, 0) is 194 Å². The number of hydrogen-bond donors (Lipinski definition) is 0. The molecule has 0 fully saturated rings. The van der Waals surface area contributed by atoms with Crippen molar-refractivity contribution in [3.8, 4) is 72.4 Å².